The highest BCUT2D eigenvalue weighted by Crippen LogP contribution is 2.32. The second-order valence-electron chi connectivity index (χ2n) is 7.58. The number of hydrogen-bond donors (Lipinski definition) is 1. The van der Waals surface area contributed by atoms with Crippen molar-refractivity contribution in [3.63, 3.8) is 0 Å². The highest BCUT2D eigenvalue weighted by Gasteiger charge is 2.28. The summed E-state index contributed by atoms with van der Waals surface area (Å²) in [5, 5.41) is 4.77. The molecule has 1 saturated heterocycles. The molecule has 152 valence electrons. The number of halogens is 1. The number of piperidine rings is 1. The molecule has 1 aromatic carbocycles. The van der Waals surface area contributed by atoms with Gasteiger partial charge in [-0.25, -0.2) is 9.97 Å². The van der Waals surface area contributed by atoms with Crippen LogP contribution >= 0.6 is 11.6 Å². The van der Waals surface area contributed by atoms with Crippen LogP contribution in [0.3, 0.4) is 0 Å². The Morgan fingerprint density at radius 2 is 2.14 bits per heavy atom. The van der Waals surface area contributed by atoms with E-state index in [1.165, 1.54) is 6.33 Å². The van der Waals surface area contributed by atoms with Crippen LogP contribution in [0.1, 0.15) is 29.7 Å². The molecule has 1 unspecified atom stereocenters. The zero-order valence-electron chi connectivity index (χ0n) is 16.7. The lowest BCUT2D eigenvalue weighted by atomic mass is 9.96. The SMILES string of the molecule is Cc1oc2ncnc(N3CCCC(C(=O)NCCc4ccccc4Cl)C3)c2c1C. The van der Waals surface area contributed by atoms with Crippen molar-refractivity contribution in [3.05, 3.63) is 52.5 Å². The molecule has 0 radical (unpaired) electrons. The summed E-state index contributed by atoms with van der Waals surface area (Å²) < 4.78 is 5.74. The van der Waals surface area contributed by atoms with Crippen LogP contribution in [0.5, 0.6) is 0 Å². The second-order valence-corrected chi connectivity index (χ2v) is 7.99. The summed E-state index contributed by atoms with van der Waals surface area (Å²) in [5.41, 5.74) is 2.71. The number of amides is 1. The third-order valence-corrected chi connectivity index (χ3v) is 6.06. The Labute approximate surface area is 175 Å². The van der Waals surface area contributed by atoms with Crippen molar-refractivity contribution >= 4 is 34.4 Å². The topological polar surface area (TPSA) is 71.3 Å². The van der Waals surface area contributed by atoms with E-state index < -0.39 is 0 Å². The van der Waals surface area contributed by atoms with E-state index >= 15 is 0 Å². The highest BCUT2D eigenvalue weighted by molar-refractivity contribution is 6.31. The molecule has 1 N–H and O–H groups in total. The Bertz CT molecular complexity index is 1030. The van der Waals surface area contributed by atoms with Gasteiger partial charge in [0.15, 0.2) is 0 Å². The van der Waals surface area contributed by atoms with Crippen LogP contribution in [0.2, 0.25) is 5.02 Å². The van der Waals surface area contributed by atoms with Gasteiger partial charge in [0.1, 0.15) is 17.9 Å². The number of furan rings is 1. The largest absolute Gasteiger partial charge is 0.443 e. The molecule has 0 aliphatic carbocycles. The summed E-state index contributed by atoms with van der Waals surface area (Å²) >= 11 is 6.20. The first kappa shape index (κ1) is 19.7. The average Bonchev–Trinajstić information content (AvgIpc) is 3.03. The molecule has 1 atom stereocenters. The fourth-order valence-corrected chi connectivity index (χ4v) is 4.18. The van der Waals surface area contributed by atoms with E-state index in [9.17, 15) is 4.79 Å². The van der Waals surface area contributed by atoms with Crippen molar-refractivity contribution in [2.45, 2.75) is 33.1 Å². The first-order valence-electron chi connectivity index (χ1n) is 10.0. The van der Waals surface area contributed by atoms with Crippen molar-refractivity contribution in [3.8, 4) is 0 Å². The minimum atomic E-state index is -0.0617. The maximum absolute atomic E-state index is 12.8. The van der Waals surface area contributed by atoms with Crippen molar-refractivity contribution in [1.82, 2.24) is 15.3 Å². The molecule has 4 rings (SSSR count). The maximum atomic E-state index is 12.8. The van der Waals surface area contributed by atoms with Gasteiger partial charge in [-0.1, -0.05) is 29.8 Å². The zero-order chi connectivity index (χ0) is 20.4. The van der Waals surface area contributed by atoms with Gasteiger partial charge in [-0.2, -0.15) is 0 Å². The molecule has 3 heterocycles. The fourth-order valence-electron chi connectivity index (χ4n) is 3.95. The molecular weight excluding hydrogens is 388 g/mol. The first-order chi connectivity index (χ1) is 14.0. The number of anilines is 1. The number of carbonyl (C=O) groups excluding carboxylic acids is 1. The second kappa shape index (κ2) is 8.41. The number of nitrogens with one attached hydrogen (secondary N) is 1. The van der Waals surface area contributed by atoms with Gasteiger partial charge in [0.25, 0.3) is 0 Å². The molecular formula is C22H25ClN4O2. The molecule has 6 nitrogen and oxygen atoms in total. The van der Waals surface area contributed by atoms with Gasteiger partial charge in [-0.05, 0) is 44.7 Å². The number of aryl methyl sites for hydroxylation is 2. The highest BCUT2D eigenvalue weighted by atomic mass is 35.5. The molecule has 2 aromatic heterocycles. The molecule has 3 aromatic rings. The first-order valence-corrected chi connectivity index (χ1v) is 10.4. The third kappa shape index (κ3) is 4.08. The number of fused-ring (bicyclic) bond motifs is 1. The summed E-state index contributed by atoms with van der Waals surface area (Å²) in [6.07, 6.45) is 4.09. The Morgan fingerprint density at radius 1 is 1.31 bits per heavy atom. The Kier molecular flexibility index (Phi) is 5.72. The van der Waals surface area contributed by atoms with E-state index in [1.54, 1.807) is 0 Å². The number of aromatic nitrogens is 2. The summed E-state index contributed by atoms with van der Waals surface area (Å²) in [5.74, 6) is 1.74. The standard InChI is InChI=1S/C22H25ClN4O2/c1-14-15(2)29-22-19(14)20(25-13-26-22)27-11-5-7-17(12-27)21(28)24-10-9-16-6-3-4-8-18(16)23/h3-4,6,8,13,17H,5,7,9-12H2,1-2H3,(H,24,28). The monoisotopic (exact) mass is 412 g/mol. The fraction of sp³-hybridized carbons (Fsp3) is 0.409. The van der Waals surface area contributed by atoms with Crippen molar-refractivity contribution < 1.29 is 9.21 Å². The molecule has 0 spiro atoms. The van der Waals surface area contributed by atoms with E-state index in [2.05, 4.69) is 20.2 Å². The lowest BCUT2D eigenvalue weighted by Crippen LogP contribution is -2.43. The van der Waals surface area contributed by atoms with Crippen LogP contribution < -0.4 is 10.2 Å². The van der Waals surface area contributed by atoms with Crippen LogP contribution in [-0.4, -0.2) is 35.5 Å². The lowest BCUT2D eigenvalue weighted by Gasteiger charge is -2.33. The molecule has 1 aliphatic rings. The minimum Gasteiger partial charge on any atom is -0.443 e. The van der Waals surface area contributed by atoms with Gasteiger partial charge in [0.2, 0.25) is 11.6 Å². The average molecular weight is 413 g/mol. The summed E-state index contributed by atoms with van der Waals surface area (Å²) in [6.45, 7) is 6.06. The van der Waals surface area contributed by atoms with Gasteiger partial charge in [0, 0.05) is 30.2 Å². The van der Waals surface area contributed by atoms with E-state index in [1.807, 2.05) is 38.1 Å². The number of rotatable bonds is 5. The van der Waals surface area contributed by atoms with Gasteiger partial charge in [-0.3, -0.25) is 4.79 Å². The van der Waals surface area contributed by atoms with Crippen LogP contribution in [0.15, 0.2) is 35.0 Å². The number of benzene rings is 1. The van der Waals surface area contributed by atoms with Gasteiger partial charge in [-0.15, -0.1) is 0 Å². The van der Waals surface area contributed by atoms with Crippen molar-refractivity contribution in [1.29, 1.82) is 0 Å². The Morgan fingerprint density at radius 3 is 2.97 bits per heavy atom. The lowest BCUT2D eigenvalue weighted by molar-refractivity contribution is -0.125. The quantitative estimate of drug-likeness (QED) is 0.684. The van der Waals surface area contributed by atoms with Gasteiger partial charge >= 0.3 is 0 Å². The number of nitrogens with zero attached hydrogens (tertiary/aromatic N) is 3. The summed E-state index contributed by atoms with van der Waals surface area (Å²) in [7, 11) is 0. The van der Waals surface area contributed by atoms with Crippen LogP contribution in [-0.2, 0) is 11.2 Å². The molecule has 1 aliphatic heterocycles. The van der Waals surface area contributed by atoms with Crippen LogP contribution in [0, 0.1) is 19.8 Å². The number of carbonyl (C=O) groups is 1. The molecule has 0 bridgehead atoms. The normalized spacial score (nSPS) is 16.9. The molecule has 29 heavy (non-hydrogen) atoms. The number of hydrogen-bond acceptors (Lipinski definition) is 5. The zero-order valence-corrected chi connectivity index (χ0v) is 17.5. The maximum Gasteiger partial charge on any atom is 0.231 e. The third-order valence-electron chi connectivity index (χ3n) is 5.69. The Balaban J connectivity index is 1.42. The van der Waals surface area contributed by atoms with Gasteiger partial charge < -0.3 is 14.6 Å². The van der Waals surface area contributed by atoms with Crippen molar-refractivity contribution in [2.75, 3.05) is 24.5 Å². The predicted molar refractivity (Wildman–Crippen MR) is 114 cm³/mol. The molecule has 7 heteroatoms. The van der Waals surface area contributed by atoms with Crippen LogP contribution in [0.25, 0.3) is 11.1 Å². The summed E-state index contributed by atoms with van der Waals surface area (Å²) in [4.78, 5) is 23.7. The Hall–Kier alpha value is -2.60. The van der Waals surface area contributed by atoms with Crippen LogP contribution in [0.4, 0.5) is 5.82 Å². The van der Waals surface area contributed by atoms with E-state index in [0.717, 1.165) is 58.9 Å². The van der Waals surface area contributed by atoms with E-state index in [4.69, 9.17) is 16.0 Å². The molecule has 1 fully saturated rings. The van der Waals surface area contributed by atoms with Gasteiger partial charge in [0.05, 0.1) is 11.3 Å². The van der Waals surface area contributed by atoms with E-state index in [0.29, 0.717) is 18.8 Å². The van der Waals surface area contributed by atoms with E-state index in [-0.39, 0.29) is 11.8 Å². The molecule has 1 amide bonds. The smallest absolute Gasteiger partial charge is 0.231 e. The minimum absolute atomic E-state index is 0.0617. The predicted octanol–water partition coefficient (Wildman–Crippen LogP) is 4.07. The van der Waals surface area contributed by atoms with Crippen molar-refractivity contribution in [2.24, 2.45) is 5.92 Å². The summed E-state index contributed by atoms with van der Waals surface area (Å²) in [6, 6.07) is 7.74. The molecule has 0 saturated carbocycles.